The predicted octanol–water partition coefficient (Wildman–Crippen LogP) is 4.36. The first-order chi connectivity index (χ1) is 10.3. The molecule has 0 aliphatic heterocycles. The smallest absolute Gasteiger partial charge is 0.0620 e. The van der Waals surface area contributed by atoms with Gasteiger partial charge >= 0.3 is 0 Å². The van der Waals surface area contributed by atoms with E-state index in [-0.39, 0.29) is 20.4 Å². The molecule has 0 amide bonds. The third-order valence-corrected chi connectivity index (χ3v) is 6.57. The van der Waals surface area contributed by atoms with Crippen molar-refractivity contribution in [1.82, 2.24) is 0 Å². The molecule has 3 aromatic carbocycles. The maximum absolute atomic E-state index is 2.27. The third kappa shape index (κ3) is 4.38. The molecule has 0 aliphatic carbocycles. The van der Waals surface area contributed by atoms with Crippen molar-refractivity contribution in [3.63, 3.8) is 0 Å². The van der Waals surface area contributed by atoms with Crippen LogP contribution < -0.4 is 10.6 Å². The van der Waals surface area contributed by atoms with Gasteiger partial charge in [0, 0.05) is 20.4 Å². The van der Waals surface area contributed by atoms with Gasteiger partial charge in [0.2, 0.25) is 0 Å². The Bertz CT molecular complexity index is 638. The van der Waals surface area contributed by atoms with Gasteiger partial charge in [0.05, 0.1) is 24.7 Å². The van der Waals surface area contributed by atoms with E-state index in [0.717, 1.165) is 6.16 Å². The first-order valence-corrected chi connectivity index (χ1v) is 9.06. The molecule has 0 aromatic heterocycles. The molecule has 22 heavy (non-hydrogen) atoms. The Morgan fingerprint density at radius 3 is 1.55 bits per heavy atom. The Hall–Kier alpha value is -1.25. The fraction of sp³-hybridized carbons (Fsp3) is 0.100. The molecule has 0 unspecified atom stereocenters. The minimum Gasteiger partial charge on any atom is -0.0620 e. The molecule has 0 spiro atoms. The summed E-state index contributed by atoms with van der Waals surface area (Å²) in [6, 6.07) is 30.9. The number of hydrogen-bond donors (Lipinski definition) is 0. The first-order valence-electron chi connectivity index (χ1n) is 7.35. The molecule has 2 heteroatoms. The molecular formula is C20H20PPd+. The van der Waals surface area contributed by atoms with Crippen molar-refractivity contribution >= 4 is 18.5 Å². The van der Waals surface area contributed by atoms with Crippen LogP contribution in [0.25, 0.3) is 0 Å². The summed E-state index contributed by atoms with van der Waals surface area (Å²) in [6.07, 6.45) is 1.14. The Morgan fingerprint density at radius 1 is 0.636 bits per heavy atom. The minimum atomic E-state index is -0.765. The maximum Gasteiger partial charge on any atom is 0.0970 e. The fourth-order valence-electron chi connectivity index (χ4n) is 2.56. The molecule has 0 bridgehead atoms. The van der Waals surface area contributed by atoms with E-state index in [4.69, 9.17) is 0 Å². The molecule has 3 rings (SSSR count). The number of rotatable bonds is 4. The summed E-state index contributed by atoms with van der Waals surface area (Å²) in [7, 11) is -0.765. The summed E-state index contributed by atoms with van der Waals surface area (Å²) in [5.41, 5.74) is 2.76. The molecular weight excluding hydrogens is 378 g/mol. The average Bonchev–Trinajstić information content (AvgIpc) is 2.56. The normalized spacial score (nSPS) is 10.3. The van der Waals surface area contributed by atoms with Gasteiger partial charge in [-0.2, -0.15) is 0 Å². The Morgan fingerprint density at radius 2 is 1.09 bits per heavy atom. The molecule has 0 nitrogen and oxygen atoms in total. The van der Waals surface area contributed by atoms with Gasteiger partial charge in [-0.25, -0.2) is 0 Å². The third-order valence-electron chi connectivity index (χ3n) is 3.75. The summed E-state index contributed by atoms with van der Waals surface area (Å²) < 4.78 is 0. The molecule has 3 aromatic rings. The van der Waals surface area contributed by atoms with E-state index in [2.05, 4.69) is 91.9 Å². The van der Waals surface area contributed by atoms with Crippen molar-refractivity contribution in [3.05, 3.63) is 96.1 Å². The van der Waals surface area contributed by atoms with E-state index in [1.807, 2.05) is 0 Å². The Kier molecular flexibility index (Phi) is 6.54. The second kappa shape index (κ2) is 8.40. The van der Waals surface area contributed by atoms with Crippen LogP contribution in [0.3, 0.4) is 0 Å². The first kappa shape index (κ1) is 17.1. The largest absolute Gasteiger partial charge is 0.0970 e. The van der Waals surface area contributed by atoms with E-state index >= 15 is 0 Å². The topological polar surface area (TPSA) is 0 Å². The van der Waals surface area contributed by atoms with Gasteiger partial charge in [-0.05, 0) is 36.8 Å². The zero-order valence-corrected chi connectivity index (χ0v) is 15.2. The number of aryl methyl sites for hydroxylation is 1. The van der Waals surface area contributed by atoms with Crippen LogP contribution in [0.2, 0.25) is 0 Å². The van der Waals surface area contributed by atoms with Crippen LogP contribution in [0.1, 0.15) is 11.1 Å². The Labute approximate surface area is 148 Å². The summed E-state index contributed by atoms with van der Waals surface area (Å²) in [5.74, 6) is 0. The zero-order valence-electron chi connectivity index (χ0n) is 12.6. The van der Waals surface area contributed by atoms with Crippen LogP contribution in [-0.4, -0.2) is 0 Å². The number of hydrogen-bond acceptors (Lipinski definition) is 0. The van der Waals surface area contributed by atoms with Crippen molar-refractivity contribution in [2.75, 3.05) is 0 Å². The molecule has 114 valence electrons. The van der Waals surface area contributed by atoms with Gasteiger partial charge in [-0.15, -0.1) is 0 Å². The molecule has 0 heterocycles. The van der Waals surface area contributed by atoms with Gasteiger partial charge in [-0.1, -0.05) is 66.2 Å². The monoisotopic (exact) mass is 397 g/mol. The summed E-state index contributed by atoms with van der Waals surface area (Å²) in [6.45, 7) is 2.14. The quantitative estimate of drug-likeness (QED) is 0.453. The summed E-state index contributed by atoms with van der Waals surface area (Å²) in [4.78, 5) is 0. The zero-order chi connectivity index (χ0) is 14.5. The maximum atomic E-state index is 2.27. The van der Waals surface area contributed by atoms with E-state index in [9.17, 15) is 0 Å². The van der Waals surface area contributed by atoms with E-state index in [0.29, 0.717) is 0 Å². The molecule has 0 saturated heterocycles. The SMILES string of the molecule is Cc1ccc(C[PH+](c2ccccc2)c2ccccc2)cc1.[Pd]. The Balaban J connectivity index is 0.00000176. The van der Waals surface area contributed by atoms with Gasteiger partial charge in [0.1, 0.15) is 0 Å². The molecule has 0 radical (unpaired) electrons. The van der Waals surface area contributed by atoms with Crippen LogP contribution in [0, 0.1) is 6.92 Å². The van der Waals surface area contributed by atoms with Crippen LogP contribution in [0.4, 0.5) is 0 Å². The standard InChI is InChI=1S/C20H19P.Pd/c1-17-12-14-18(15-13-17)16-21(19-8-4-2-5-9-19)20-10-6-3-7-11-20;/h2-15H,16H2,1H3;/p+1. The van der Waals surface area contributed by atoms with Gasteiger partial charge < -0.3 is 0 Å². The van der Waals surface area contributed by atoms with E-state index in [1.54, 1.807) is 0 Å². The molecule has 0 saturated carbocycles. The molecule has 0 atom stereocenters. The summed E-state index contributed by atoms with van der Waals surface area (Å²) in [5, 5.41) is 2.96. The minimum absolute atomic E-state index is 0. The van der Waals surface area contributed by atoms with Crippen LogP contribution >= 0.6 is 7.92 Å². The molecule has 0 aliphatic rings. The fourth-order valence-corrected chi connectivity index (χ4v) is 5.13. The predicted molar refractivity (Wildman–Crippen MR) is 95.4 cm³/mol. The average molecular weight is 398 g/mol. The van der Waals surface area contributed by atoms with Crippen molar-refractivity contribution in [2.45, 2.75) is 13.1 Å². The van der Waals surface area contributed by atoms with Gasteiger partial charge in [0.25, 0.3) is 0 Å². The summed E-state index contributed by atoms with van der Waals surface area (Å²) >= 11 is 0. The molecule has 0 N–H and O–H groups in total. The van der Waals surface area contributed by atoms with Crippen LogP contribution in [0.5, 0.6) is 0 Å². The second-order valence-corrected chi connectivity index (χ2v) is 7.84. The van der Waals surface area contributed by atoms with Crippen molar-refractivity contribution in [1.29, 1.82) is 0 Å². The second-order valence-electron chi connectivity index (χ2n) is 5.37. The number of benzene rings is 3. The van der Waals surface area contributed by atoms with E-state index < -0.39 is 7.92 Å². The van der Waals surface area contributed by atoms with E-state index in [1.165, 1.54) is 21.7 Å². The van der Waals surface area contributed by atoms with Crippen LogP contribution in [-0.2, 0) is 26.6 Å². The van der Waals surface area contributed by atoms with Gasteiger partial charge in [0.15, 0.2) is 0 Å². The molecule has 0 fully saturated rings. The van der Waals surface area contributed by atoms with Crippen molar-refractivity contribution in [3.8, 4) is 0 Å². The van der Waals surface area contributed by atoms with Crippen molar-refractivity contribution < 1.29 is 20.4 Å². The van der Waals surface area contributed by atoms with Crippen molar-refractivity contribution in [2.24, 2.45) is 0 Å². The van der Waals surface area contributed by atoms with Crippen LogP contribution in [0.15, 0.2) is 84.9 Å². The van der Waals surface area contributed by atoms with Gasteiger partial charge in [-0.3, -0.25) is 0 Å².